The molecule has 6 heteroatoms. The summed E-state index contributed by atoms with van der Waals surface area (Å²) in [5.41, 5.74) is 2.00. The minimum atomic E-state index is -0.506. The van der Waals surface area contributed by atoms with Gasteiger partial charge < -0.3 is 14.8 Å². The normalized spacial score (nSPS) is 10.7. The summed E-state index contributed by atoms with van der Waals surface area (Å²) >= 11 is 5.92. The Hall–Kier alpha value is -3.23. The molecule has 1 N–H and O–H groups in total. The van der Waals surface area contributed by atoms with Crippen LogP contribution in [0.5, 0.6) is 11.5 Å². The number of halogens is 1. The van der Waals surface area contributed by atoms with Crippen molar-refractivity contribution in [1.29, 1.82) is 5.26 Å². The van der Waals surface area contributed by atoms with E-state index in [9.17, 15) is 10.1 Å². The van der Waals surface area contributed by atoms with Crippen molar-refractivity contribution >= 4 is 29.3 Å². The van der Waals surface area contributed by atoms with Crippen LogP contribution in [-0.2, 0) is 4.79 Å². The lowest BCUT2D eigenvalue weighted by atomic mass is 10.1. The molecule has 0 aromatic heterocycles. The van der Waals surface area contributed by atoms with E-state index in [0.717, 1.165) is 5.56 Å². The van der Waals surface area contributed by atoms with Crippen molar-refractivity contribution in [2.45, 2.75) is 6.92 Å². The first-order chi connectivity index (χ1) is 13.0. The molecule has 0 saturated carbocycles. The summed E-state index contributed by atoms with van der Waals surface area (Å²) in [7, 11) is 1.52. The number of carbonyl (C=O) groups is 1. The molecule has 1 amide bonds. The van der Waals surface area contributed by atoms with Gasteiger partial charge in [-0.25, -0.2) is 0 Å². The Kier molecular flexibility index (Phi) is 7.04. The number of nitrogens with one attached hydrogen (secondary N) is 1. The fourth-order valence-electron chi connectivity index (χ4n) is 2.31. The molecular formula is C21H19ClN2O3. The predicted molar refractivity (Wildman–Crippen MR) is 107 cm³/mol. The van der Waals surface area contributed by atoms with Crippen LogP contribution in [0.4, 0.5) is 5.69 Å². The highest BCUT2D eigenvalue weighted by atomic mass is 35.5. The average Bonchev–Trinajstić information content (AvgIpc) is 2.66. The molecule has 0 heterocycles. The zero-order chi connectivity index (χ0) is 19.8. The minimum Gasteiger partial charge on any atom is -0.493 e. The van der Waals surface area contributed by atoms with E-state index in [4.69, 9.17) is 21.1 Å². The summed E-state index contributed by atoms with van der Waals surface area (Å²) in [4.78, 5) is 12.4. The molecule has 0 radical (unpaired) electrons. The SMILES string of the molecule is C=CCOc1ccc(/C=C(\C#N)C(=O)Nc2ccc(Cl)cc2C)cc1OC. The molecule has 2 aromatic carbocycles. The van der Waals surface area contributed by atoms with Gasteiger partial charge in [-0.05, 0) is 54.5 Å². The van der Waals surface area contributed by atoms with Gasteiger partial charge in [0.25, 0.3) is 5.91 Å². The number of nitrogens with zero attached hydrogens (tertiary/aromatic N) is 1. The van der Waals surface area contributed by atoms with Gasteiger partial charge in [0.05, 0.1) is 7.11 Å². The van der Waals surface area contributed by atoms with Gasteiger partial charge in [-0.2, -0.15) is 5.26 Å². The molecule has 0 bridgehead atoms. The number of hydrogen-bond donors (Lipinski definition) is 1. The number of anilines is 1. The highest BCUT2D eigenvalue weighted by Crippen LogP contribution is 2.29. The second kappa shape index (κ2) is 9.46. The van der Waals surface area contributed by atoms with Gasteiger partial charge >= 0.3 is 0 Å². The molecule has 2 aromatic rings. The summed E-state index contributed by atoms with van der Waals surface area (Å²) < 4.78 is 10.8. The third kappa shape index (κ3) is 5.37. The van der Waals surface area contributed by atoms with E-state index in [1.54, 1.807) is 42.5 Å². The minimum absolute atomic E-state index is 0.0360. The number of ether oxygens (including phenoxy) is 2. The maximum Gasteiger partial charge on any atom is 0.266 e. The van der Waals surface area contributed by atoms with Crippen LogP contribution in [0.3, 0.4) is 0 Å². The first kappa shape index (κ1) is 20.1. The molecule has 0 saturated heterocycles. The van der Waals surface area contributed by atoms with Crippen LogP contribution >= 0.6 is 11.6 Å². The fraction of sp³-hybridized carbons (Fsp3) is 0.143. The molecule has 0 aliphatic rings. The molecule has 0 unspecified atom stereocenters. The van der Waals surface area contributed by atoms with Gasteiger partial charge in [-0.3, -0.25) is 4.79 Å². The van der Waals surface area contributed by atoms with E-state index in [1.165, 1.54) is 13.2 Å². The van der Waals surface area contributed by atoms with Crippen LogP contribution in [0.2, 0.25) is 5.02 Å². The van der Waals surface area contributed by atoms with E-state index in [0.29, 0.717) is 34.4 Å². The summed E-state index contributed by atoms with van der Waals surface area (Å²) in [5.74, 6) is 0.542. The van der Waals surface area contributed by atoms with Crippen molar-refractivity contribution < 1.29 is 14.3 Å². The smallest absolute Gasteiger partial charge is 0.266 e. The Labute approximate surface area is 163 Å². The maximum absolute atomic E-state index is 12.4. The molecule has 0 aliphatic heterocycles. The van der Waals surface area contributed by atoms with E-state index in [2.05, 4.69) is 11.9 Å². The monoisotopic (exact) mass is 382 g/mol. The number of methoxy groups -OCH3 is 1. The van der Waals surface area contributed by atoms with Crippen molar-refractivity contribution in [3.8, 4) is 17.6 Å². The van der Waals surface area contributed by atoms with Crippen LogP contribution in [0.15, 0.2) is 54.6 Å². The highest BCUT2D eigenvalue weighted by molar-refractivity contribution is 6.30. The maximum atomic E-state index is 12.4. The van der Waals surface area contributed by atoms with Gasteiger partial charge in [0, 0.05) is 10.7 Å². The first-order valence-corrected chi connectivity index (χ1v) is 8.47. The molecule has 0 spiro atoms. The van der Waals surface area contributed by atoms with E-state index in [-0.39, 0.29) is 5.57 Å². The molecule has 2 rings (SSSR count). The van der Waals surface area contributed by atoms with Crippen LogP contribution in [0.1, 0.15) is 11.1 Å². The second-order valence-electron chi connectivity index (χ2n) is 5.59. The molecule has 138 valence electrons. The van der Waals surface area contributed by atoms with Crippen molar-refractivity contribution in [2.75, 3.05) is 19.0 Å². The zero-order valence-corrected chi connectivity index (χ0v) is 15.8. The number of nitriles is 1. The molecule has 0 atom stereocenters. The molecule has 0 aliphatic carbocycles. The standard InChI is InChI=1S/C21H19ClN2O3/c1-4-9-27-19-8-5-15(12-20(19)26-3)11-16(13-23)21(25)24-18-7-6-17(22)10-14(18)2/h4-8,10-12H,1,9H2,2-3H3,(H,24,25)/b16-11+. The summed E-state index contributed by atoms with van der Waals surface area (Å²) in [6.45, 7) is 5.77. The number of carbonyl (C=O) groups excluding carboxylic acids is 1. The van der Waals surface area contributed by atoms with E-state index >= 15 is 0 Å². The number of benzene rings is 2. The molecule has 27 heavy (non-hydrogen) atoms. The van der Waals surface area contributed by atoms with Gasteiger partial charge in [0.2, 0.25) is 0 Å². The van der Waals surface area contributed by atoms with Crippen molar-refractivity contribution in [3.63, 3.8) is 0 Å². The van der Waals surface area contributed by atoms with Gasteiger partial charge in [0.15, 0.2) is 11.5 Å². The lowest BCUT2D eigenvalue weighted by Crippen LogP contribution is -2.14. The van der Waals surface area contributed by atoms with Gasteiger partial charge in [-0.1, -0.05) is 30.3 Å². The molecule has 0 fully saturated rings. The highest BCUT2D eigenvalue weighted by Gasteiger charge is 2.12. The van der Waals surface area contributed by atoms with Crippen LogP contribution in [-0.4, -0.2) is 19.6 Å². The predicted octanol–water partition coefficient (Wildman–Crippen LogP) is 4.77. The third-order valence-corrected chi connectivity index (χ3v) is 3.89. The van der Waals surface area contributed by atoms with E-state index in [1.807, 2.05) is 13.0 Å². The number of hydrogen-bond acceptors (Lipinski definition) is 4. The quantitative estimate of drug-likeness (QED) is 0.425. The fourth-order valence-corrected chi connectivity index (χ4v) is 2.54. The Morgan fingerprint density at radius 1 is 1.30 bits per heavy atom. The Bertz CT molecular complexity index is 930. The first-order valence-electron chi connectivity index (χ1n) is 8.09. The number of rotatable bonds is 7. The van der Waals surface area contributed by atoms with Crippen LogP contribution in [0.25, 0.3) is 6.08 Å². The van der Waals surface area contributed by atoms with Crippen molar-refractivity contribution in [1.82, 2.24) is 0 Å². The second-order valence-corrected chi connectivity index (χ2v) is 6.03. The van der Waals surface area contributed by atoms with Crippen molar-refractivity contribution in [3.05, 3.63) is 70.8 Å². The van der Waals surface area contributed by atoms with Crippen molar-refractivity contribution in [2.24, 2.45) is 0 Å². The lowest BCUT2D eigenvalue weighted by Gasteiger charge is -2.10. The summed E-state index contributed by atoms with van der Waals surface area (Å²) in [5, 5.41) is 12.7. The Morgan fingerprint density at radius 2 is 2.07 bits per heavy atom. The Morgan fingerprint density at radius 3 is 2.70 bits per heavy atom. The third-order valence-electron chi connectivity index (χ3n) is 3.66. The van der Waals surface area contributed by atoms with Gasteiger partial charge in [0.1, 0.15) is 18.2 Å². The summed E-state index contributed by atoms with van der Waals surface area (Å²) in [6, 6.07) is 12.2. The lowest BCUT2D eigenvalue weighted by molar-refractivity contribution is -0.112. The largest absolute Gasteiger partial charge is 0.493 e. The summed E-state index contributed by atoms with van der Waals surface area (Å²) in [6.07, 6.45) is 3.12. The van der Waals surface area contributed by atoms with Gasteiger partial charge in [-0.15, -0.1) is 0 Å². The molecular weight excluding hydrogens is 364 g/mol. The average molecular weight is 383 g/mol. The Balaban J connectivity index is 2.25. The zero-order valence-electron chi connectivity index (χ0n) is 15.1. The van der Waals surface area contributed by atoms with Crippen LogP contribution in [0, 0.1) is 18.3 Å². The topological polar surface area (TPSA) is 71.3 Å². The van der Waals surface area contributed by atoms with Crippen LogP contribution < -0.4 is 14.8 Å². The molecule has 5 nitrogen and oxygen atoms in total. The van der Waals surface area contributed by atoms with E-state index < -0.39 is 5.91 Å². The number of amides is 1. The number of aryl methyl sites for hydroxylation is 1.